The molecule has 278 valence electrons. The van der Waals surface area contributed by atoms with Crippen molar-refractivity contribution in [3.8, 4) is 11.5 Å². The zero-order valence-electron chi connectivity index (χ0n) is 30.1. The molecule has 0 atom stereocenters. The lowest BCUT2D eigenvalue weighted by atomic mass is 9.72. The second kappa shape index (κ2) is 15.1. The predicted molar refractivity (Wildman–Crippen MR) is 192 cm³/mol. The van der Waals surface area contributed by atoms with Crippen LogP contribution in [0, 0.1) is 17.2 Å². The third-order valence-corrected chi connectivity index (χ3v) is 12.8. The molecule has 51 heavy (non-hydrogen) atoms. The summed E-state index contributed by atoms with van der Waals surface area (Å²) >= 11 is 0. The normalized spacial score (nSPS) is 20.6. The molecule has 1 spiro atoms. The van der Waals surface area contributed by atoms with Gasteiger partial charge in [0.25, 0.3) is 16.1 Å². The minimum absolute atomic E-state index is 0.0743. The molecule has 1 aromatic carbocycles. The van der Waals surface area contributed by atoms with E-state index in [4.69, 9.17) is 4.74 Å². The number of piperidine rings is 2. The summed E-state index contributed by atoms with van der Waals surface area (Å²) in [6, 6.07) is 3.70. The van der Waals surface area contributed by atoms with Crippen molar-refractivity contribution in [1.82, 2.24) is 33.7 Å². The molecule has 2 amide bonds. The topological polar surface area (TPSA) is 132 Å². The van der Waals surface area contributed by atoms with Gasteiger partial charge < -0.3 is 24.8 Å². The number of amides is 2. The number of carbonyl (C=O) groups is 2. The molecule has 4 saturated heterocycles. The van der Waals surface area contributed by atoms with E-state index in [9.17, 15) is 22.4 Å². The molecule has 1 aromatic heterocycles. The number of benzene rings is 1. The summed E-state index contributed by atoms with van der Waals surface area (Å²) in [5, 5.41) is 2.75. The summed E-state index contributed by atoms with van der Waals surface area (Å²) in [7, 11) is -3.51. The zero-order valence-corrected chi connectivity index (χ0v) is 30.9. The maximum Gasteiger partial charge on any atom is 0.282 e. The fourth-order valence-electron chi connectivity index (χ4n) is 7.97. The van der Waals surface area contributed by atoms with Gasteiger partial charge in [-0.1, -0.05) is 6.58 Å². The molecule has 4 aliphatic heterocycles. The smallest absolute Gasteiger partial charge is 0.282 e. The van der Waals surface area contributed by atoms with E-state index in [1.165, 1.54) is 34.9 Å². The van der Waals surface area contributed by atoms with Gasteiger partial charge in [0, 0.05) is 63.3 Å². The Morgan fingerprint density at radius 3 is 2.35 bits per heavy atom. The van der Waals surface area contributed by atoms with Crippen molar-refractivity contribution < 1.29 is 27.1 Å². The van der Waals surface area contributed by atoms with Gasteiger partial charge >= 0.3 is 0 Å². The van der Waals surface area contributed by atoms with Gasteiger partial charge in [-0.2, -0.15) is 17.0 Å². The number of hydrogen-bond donors (Lipinski definition) is 1. The minimum atomic E-state index is -3.51. The summed E-state index contributed by atoms with van der Waals surface area (Å²) in [4.78, 5) is 40.2. The van der Waals surface area contributed by atoms with E-state index in [-0.39, 0.29) is 46.7 Å². The third-order valence-electron chi connectivity index (χ3n) is 10.8. The maximum absolute atomic E-state index is 14.4. The second-order valence-corrected chi connectivity index (χ2v) is 17.0. The molecule has 0 saturated carbocycles. The number of nitrogens with zero attached hydrogens (tertiary/aromatic N) is 7. The molecule has 0 radical (unpaired) electrons. The van der Waals surface area contributed by atoms with Gasteiger partial charge in [0.05, 0.1) is 17.8 Å². The van der Waals surface area contributed by atoms with Crippen LogP contribution in [0.3, 0.4) is 0 Å². The minimum Gasteiger partial charge on any atom is -0.451 e. The Morgan fingerprint density at radius 1 is 1.06 bits per heavy atom. The molecule has 4 fully saturated rings. The molecule has 15 heteroatoms. The van der Waals surface area contributed by atoms with Gasteiger partial charge in [0.2, 0.25) is 5.91 Å². The monoisotopic (exact) mass is 726 g/mol. The molecule has 4 aliphatic rings. The number of likely N-dealkylation sites (tertiary alicyclic amines) is 1. The van der Waals surface area contributed by atoms with Gasteiger partial charge in [0.15, 0.2) is 11.6 Å². The fraction of sp³-hybridized carbons (Fsp3) is 0.611. The van der Waals surface area contributed by atoms with E-state index in [2.05, 4.69) is 31.7 Å². The first-order valence-corrected chi connectivity index (χ1v) is 19.4. The van der Waals surface area contributed by atoms with Gasteiger partial charge in [-0.3, -0.25) is 9.59 Å². The Kier molecular flexibility index (Phi) is 11.0. The average Bonchev–Trinajstić information content (AvgIpc) is 3.06. The average molecular weight is 727 g/mol. The van der Waals surface area contributed by atoms with Crippen molar-refractivity contribution in [1.29, 1.82) is 0 Å². The van der Waals surface area contributed by atoms with Crippen LogP contribution in [-0.4, -0.2) is 126 Å². The van der Waals surface area contributed by atoms with Gasteiger partial charge in [0.1, 0.15) is 17.9 Å². The van der Waals surface area contributed by atoms with E-state index in [0.29, 0.717) is 43.7 Å². The lowest BCUT2D eigenvalue weighted by molar-refractivity contribution is -0.117. The molecule has 0 bridgehead atoms. The number of ether oxygens (including phenoxy) is 1. The number of halogens is 1. The summed E-state index contributed by atoms with van der Waals surface area (Å²) in [6.07, 6.45) is 8.08. The van der Waals surface area contributed by atoms with Crippen molar-refractivity contribution in [2.45, 2.75) is 71.5 Å². The molecule has 5 heterocycles. The van der Waals surface area contributed by atoms with E-state index >= 15 is 0 Å². The number of carbonyl (C=O) groups excluding carboxylic acids is 2. The molecular weight excluding hydrogens is 676 g/mol. The van der Waals surface area contributed by atoms with Crippen LogP contribution in [0.2, 0.25) is 0 Å². The SMILES string of the molecule is C=CC(=O)NC1CN(S(=O)(=O)N2CCC(CN3CCC4(CC3)CN(c3ncncc3Oc3ccc(F)cc3C(=O)N(C(C)C)C(C)C)C4)CC2)C1. The quantitative estimate of drug-likeness (QED) is 0.327. The Morgan fingerprint density at radius 2 is 1.73 bits per heavy atom. The van der Waals surface area contributed by atoms with Gasteiger partial charge in [-0.25, -0.2) is 14.4 Å². The van der Waals surface area contributed by atoms with Crippen LogP contribution in [0.1, 0.15) is 63.7 Å². The van der Waals surface area contributed by atoms with E-state index in [0.717, 1.165) is 58.4 Å². The summed E-state index contributed by atoms with van der Waals surface area (Å²) in [5.41, 5.74) is 0.343. The van der Waals surface area contributed by atoms with Crippen LogP contribution in [0.5, 0.6) is 11.5 Å². The standard InChI is InChI=1S/C36H51FN8O5S/c1-6-33(46)40-29-20-44(21-29)51(48,49)43-13-9-27(10-14-43)19-41-15-11-36(12-16-41)22-42(23-36)34-32(18-38-24-39-34)50-31-8-7-28(37)17-30(31)35(47)45(25(2)3)26(4)5/h6-8,17-18,24-27,29H,1,9-16,19-23H2,2-5H3,(H,40,46). The molecule has 0 aliphatic carbocycles. The maximum atomic E-state index is 14.4. The number of rotatable bonds is 12. The number of aromatic nitrogens is 2. The molecule has 13 nitrogen and oxygen atoms in total. The Balaban J connectivity index is 0.989. The van der Waals surface area contributed by atoms with Crippen molar-refractivity contribution >= 4 is 27.8 Å². The van der Waals surface area contributed by atoms with E-state index in [1.54, 1.807) is 15.4 Å². The Hall–Kier alpha value is -3.66. The number of nitrogens with one attached hydrogen (secondary N) is 1. The molecule has 1 N–H and O–H groups in total. The highest BCUT2D eigenvalue weighted by atomic mass is 32.2. The first-order valence-electron chi connectivity index (χ1n) is 18.0. The van der Waals surface area contributed by atoms with Crippen LogP contribution in [0.25, 0.3) is 0 Å². The van der Waals surface area contributed by atoms with Crippen molar-refractivity contribution in [3.63, 3.8) is 0 Å². The summed E-state index contributed by atoms with van der Waals surface area (Å²) < 4.78 is 49.9. The fourth-order valence-corrected chi connectivity index (χ4v) is 9.70. The summed E-state index contributed by atoms with van der Waals surface area (Å²) in [5.74, 6) is 0.709. The lowest BCUT2D eigenvalue weighted by Crippen LogP contribution is -2.63. The van der Waals surface area contributed by atoms with Crippen LogP contribution >= 0.6 is 0 Å². The van der Waals surface area contributed by atoms with E-state index in [1.807, 2.05) is 27.7 Å². The molecule has 0 unspecified atom stereocenters. The second-order valence-electron chi connectivity index (χ2n) is 15.1. The van der Waals surface area contributed by atoms with Crippen molar-refractivity contribution in [2.75, 3.05) is 63.8 Å². The largest absolute Gasteiger partial charge is 0.451 e. The Labute approximate surface area is 301 Å². The first kappa shape index (κ1) is 37.1. The Bertz CT molecular complexity index is 1690. The number of anilines is 1. The summed E-state index contributed by atoms with van der Waals surface area (Å²) in [6.45, 7) is 17.4. The molecule has 6 rings (SSSR count). The third kappa shape index (κ3) is 8.06. The molecule has 2 aromatic rings. The van der Waals surface area contributed by atoms with Crippen LogP contribution in [0.4, 0.5) is 10.2 Å². The predicted octanol–water partition coefficient (Wildman–Crippen LogP) is 3.51. The highest BCUT2D eigenvalue weighted by Gasteiger charge is 2.47. The van der Waals surface area contributed by atoms with E-state index < -0.39 is 16.0 Å². The van der Waals surface area contributed by atoms with Gasteiger partial charge in [-0.15, -0.1) is 0 Å². The van der Waals surface area contributed by atoms with Gasteiger partial charge in [-0.05, 0) is 96.7 Å². The highest BCUT2D eigenvalue weighted by Crippen LogP contribution is 2.45. The molecular formula is C36H51FN8O5S. The highest BCUT2D eigenvalue weighted by molar-refractivity contribution is 7.86. The van der Waals surface area contributed by atoms with Crippen molar-refractivity contribution in [3.05, 3.63) is 54.8 Å². The van der Waals surface area contributed by atoms with Crippen LogP contribution in [-0.2, 0) is 15.0 Å². The first-order chi connectivity index (χ1) is 24.3. The lowest BCUT2D eigenvalue weighted by Gasteiger charge is -2.54. The zero-order chi connectivity index (χ0) is 36.5. The van der Waals surface area contributed by atoms with Crippen LogP contribution < -0.4 is 15.0 Å². The van der Waals surface area contributed by atoms with Crippen molar-refractivity contribution in [2.24, 2.45) is 11.3 Å². The number of hydrogen-bond acceptors (Lipinski definition) is 9. The van der Waals surface area contributed by atoms with Crippen LogP contribution in [0.15, 0.2) is 43.4 Å².